The van der Waals surface area contributed by atoms with E-state index in [1.165, 1.54) is 6.92 Å². The fraction of sp³-hybridized carbons (Fsp3) is 0.263. The first-order valence-corrected chi connectivity index (χ1v) is 10.5. The molecule has 0 aliphatic heterocycles. The van der Waals surface area contributed by atoms with Crippen LogP contribution in [0.15, 0.2) is 47.4 Å². The van der Waals surface area contributed by atoms with Gasteiger partial charge in [-0.2, -0.15) is 5.06 Å². The number of Topliss-reactive ketones (excluding diaryl/α,β-unsaturated/α-hetero) is 1. The van der Waals surface area contributed by atoms with Crippen LogP contribution in [0.25, 0.3) is 11.1 Å². The lowest BCUT2D eigenvalue weighted by atomic mass is 10.1. The van der Waals surface area contributed by atoms with Gasteiger partial charge in [-0.1, -0.05) is 30.3 Å². The topological polar surface area (TPSA) is 113 Å². The number of amides is 1. The summed E-state index contributed by atoms with van der Waals surface area (Å²) in [6.07, 6.45) is -0.813. The number of nitroso groups, excluding NO2 is 1. The number of nitrogens with zero attached hydrogens (tertiary/aromatic N) is 2. The Morgan fingerprint density at radius 3 is 2.61 bits per heavy atom. The van der Waals surface area contributed by atoms with Gasteiger partial charge in [0.1, 0.15) is 6.16 Å². The minimum absolute atomic E-state index is 0.0477. The smallest absolute Gasteiger partial charge is 0.310 e. The Hall–Kier alpha value is -2.67. The van der Waals surface area contributed by atoms with Gasteiger partial charge in [-0.15, -0.1) is 4.91 Å². The van der Waals surface area contributed by atoms with Gasteiger partial charge in [-0.05, 0) is 47.7 Å². The number of fused-ring (bicyclic) bond motifs is 3. The monoisotopic (exact) mass is 402 g/mol. The number of anilines is 1. The van der Waals surface area contributed by atoms with Gasteiger partial charge in [0.2, 0.25) is 0 Å². The van der Waals surface area contributed by atoms with Crippen LogP contribution in [-0.4, -0.2) is 29.7 Å². The molecule has 0 saturated carbocycles. The molecule has 0 saturated heterocycles. The normalized spacial score (nSPS) is 13.9. The van der Waals surface area contributed by atoms with E-state index in [1.54, 1.807) is 12.1 Å². The molecular weight excluding hydrogens is 383 g/mol. The molecule has 146 valence electrons. The molecule has 8 nitrogen and oxygen atoms in total. The minimum Gasteiger partial charge on any atom is -0.310 e. The molecule has 9 heteroatoms. The highest BCUT2D eigenvalue weighted by molar-refractivity contribution is 7.58. The van der Waals surface area contributed by atoms with E-state index in [2.05, 4.69) is 4.95 Å². The summed E-state index contributed by atoms with van der Waals surface area (Å²) in [5, 5.41) is 10.6. The summed E-state index contributed by atoms with van der Waals surface area (Å²) >= 11 is 0. The van der Waals surface area contributed by atoms with Gasteiger partial charge in [0.15, 0.2) is 5.78 Å². The van der Waals surface area contributed by atoms with Crippen LogP contribution in [0.3, 0.4) is 0 Å². The zero-order valence-corrected chi connectivity index (χ0v) is 16.1. The third-order valence-corrected chi connectivity index (χ3v) is 6.10. The van der Waals surface area contributed by atoms with E-state index in [0.717, 1.165) is 22.3 Å². The third kappa shape index (κ3) is 4.09. The molecule has 1 atom stereocenters. The van der Waals surface area contributed by atoms with Crippen LogP contribution in [0.1, 0.15) is 24.5 Å². The van der Waals surface area contributed by atoms with Gasteiger partial charge in [0.25, 0.3) is 5.91 Å². The first kappa shape index (κ1) is 20.1. The first-order valence-electron chi connectivity index (χ1n) is 8.70. The maximum absolute atomic E-state index is 12.2. The summed E-state index contributed by atoms with van der Waals surface area (Å²) in [5.74, 6) is -1.69. The van der Waals surface area contributed by atoms with Gasteiger partial charge in [0, 0.05) is 4.95 Å². The Balaban J connectivity index is 1.69. The second-order valence-electron chi connectivity index (χ2n) is 6.39. The Kier molecular flexibility index (Phi) is 5.84. The molecule has 0 fully saturated rings. The van der Waals surface area contributed by atoms with Crippen molar-refractivity contribution in [2.24, 2.45) is 4.95 Å². The van der Waals surface area contributed by atoms with E-state index in [1.807, 2.05) is 30.3 Å². The fourth-order valence-electron chi connectivity index (χ4n) is 3.23. The summed E-state index contributed by atoms with van der Waals surface area (Å²) in [5.41, 5.74) is 4.50. The first-order chi connectivity index (χ1) is 13.4. The Morgan fingerprint density at radius 2 is 1.89 bits per heavy atom. The van der Waals surface area contributed by atoms with Crippen LogP contribution < -0.4 is 5.06 Å². The van der Waals surface area contributed by atoms with E-state index in [4.69, 9.17) is 4.52 Å². The van der Waals surface area contributed by atoms with Crippen molar-refractivity contribution in [3.63, 3.8) is 0 Å². The second-order valence-corrected chi connectivity index (χ2v) is 8.40. The van der Waals surface area contributed by atoms with E-state index in [0.29, 0.717) is 11.5 Å². The number of benzene rings is 2. The van der Waals surface area contributed by atoms with Crippen molar-refractivity contribution in [3.8, 4) is 11.1 Å². The lowest BCUT2D eigenvalue weighted by molar-refractivity contribution is -0.128. The summed E-state index contributed by atoms with van der Waals surface area (Å²) in [6.45, 7) is 1.46. The van der Waals surface area contributed by atoms with Crippen LogP contribution in [-0.2, 0) is 25.1 Å². The van der Waals surface area contributed by atoms with Crippen molar-refractivity contribution in [3.05, 3.63) is 58.5 Å². The van der Waals surface area contributed by atoms with Crippen molar-refractivity contribution in [2.45, 2.75) is 19.8 Å². The predicted octanol–water partition coefficient (Wildman–Crippen LogP) is 3.94. The maximum Gasteiger partial charge on any atom is 0.359 e. The van der Waals surface area contributed by atoms with E-state index < -0.39 is 31.8 Å². The highest BCUT2D eigenvalue weighted by Gasteiger charge is 2.30. The van der Waals surface area contributed by atoms with Gasteiger partial charge in [-0.3, -0.25) is 19.4 Å². The average molecular weight is 402 g/mol. The number of ketones is 1. The van der Waals surface area contributed by atoms with Crippen molar-refractivity contribution in [1.29, 1.82) is 0 Å². The quantitative estimate of drug-likeness (QED) is 0.201. The number of hydroxylamine groups is 1. The molecule has 28 heavy (non-hydrogen) atoms. The summed E-state index contributed by atoms with van der Waals surface area (Å²) in [4.78, 5) is 37.2. The SMILES string of the molecule is CCOP(=O)(CC(=O)CC(=O)N(O)c1ccc2c(c1)Cc1ccccc1-2)N=O. The number of rotatable bonds is 8. The number of carbonyl (C=O) groups excluding carboxylic acids is 2. The summed E-state index contributed by atoms with van der Waals surface area (Å²) < 4.78 is 16.7. The van der Waals surface area contributed by atoms with Gasteiger partial charge in [-0.25, -0.2) is 0 Å². The molecule has 1 unspecified atom stereocenters. The van der Waals surface area contributed by atoms with Crippen molar-refractivity contribution in [1.82, 2.24) is 0 Å². The number of hydrogen-bond donors (Lipinski definition) is 1. The lowest BCUT2D eigenvalue weighted by Crippen LogP contribution is -2.29. The van der Waals surface area contributed by atoms with Crippen molar-refractivity contribution >= 4 is 24.9 Å². The standard InChI is InChI=1S/C19H19N2O6P/c1-2-27-28(26,20-24)12-16(22)11-19(23)21(25)15-7-8-18-14(10-15)9-13-5-3-4-6-17(13)18/h3-8,10,25H,2,9,11-12H2,1H3. The molecule has 3 rings (SSSR count). The zero-order chi connectivity index (χ0) is 20.3. The molecule has 0 bridgehead atoms. The molecule has 0 radical (unpaired) electrons. The van der Waals surface area contributed by atoms with Crippen LogP contribution in [0.2, 0.25) is 0 Å². The zero-order valence-electron chi connectivity index (χ0n) is 15.2. The lowest BCUT2D eigenvalue weighted by Gasteiger charge is -2.16. The Morgan fingerprint density at radius 1 is 1.18 bits per heavy atom. The van der Waals surface area contributed by atoms with Crippen LogP contribution >= 0.6 is 7.52 Å². The third-order valence-electron chi connectivity index (χ3n) is 4.44. The largest absolute Gasteiger partial charge is 0.359 e. The van der Waals surface area contributed by atoms with E-state index in [9.17, 15) is 24.3 Å². The van der Waals surface area contributed by atoms with E-state index >= 15 is 0 Å². The summed E-state index contributed by atoms with van der Waals surface area (Å²) in [7, 11) is -3.99. The van der Waals surface area contributed by atoms with Crippen molar-refractivity contribution < 1.29 is 23.9 Å². The second kappa shape index (κ2) is 8.14. The van der Waals surface area contributed by atoms with Crippen LogP contribution in [0.5, 0.6) is 0 Å². The molecular formula is C19H19N2O6P. The van der Waals surface area contributed by atoms with Gasteiger partial charge >= 0.3 is 7.52 Å². The number of hydrogen-bond acceptors (Lipinski definition) is 6. The molecule has 1 N–H and O–H groups in total. The molecule has 2 aromatic rings. The van der Waals surface area contributed by atoms with Gasteiger partial charge < -0.3 is 4.52 Å². The fourth-order valence-corrected chi connectivity index (χ4v) is 4.39. The molecule has 1 aliphatic carbocycles. The highest BCUT2D eigenvalue weighted by atomic mass is 31.2. The van der Waals surface area contributed by atoms with Crippen LogP contribution in [0.4, 0.5) is 5.69 Å². The minimum atomic E-state index is -3.99. The molecule has 2 aromatic carbocycles. The highest BCUT2D eigenvalue weighted by Crippen LogP contribution is 2.48. The molecule has 0 spiro atoms. The molecule has 0 aromatic heterocycles. The molecule has 1 aliphatic rings. The van der Waals surface area contributed by atoms with Crippen LogP contribution in [0, 0.1) is 4.91 Å². The van der Waals surface area contributed by atoms with Crippen molar-refractivity contribution in [2.75, 3.05) is 17.8 Å². The molecule has 1 amide bonds. The summed E-state index contributed by atoms with van der Waals surface area (Å²) in [6, 6.07) is 13.0. The average Bonchev–Trinajstić information content (AvgIpc) is 3.05. The molecule has 0 heterocycles. The van der Waals surface area contributed by atoms with Gasteiger partial charge in [0.05, 0.1) is 18.7 Å². The Labute approximate surface area is 161 Å². The maximum atomic E-state index is 12.2. The Bertz CT molecular complexity index is 990. The van der Waals surface area contributed by atoms with E-state index in [-0.39, 0.29) is 12.3 Å². The predicted molar refractivity (Wildman–Crippen MR) is 103 cm³/mol. The number of carbonyl (C=O) groups is 2.